The molecule has 0 saturated heterocycles. The van der Waals surface area contributed by atoms with E-state index in [2.05, 4.69) is 67.4 Å². The average molecular weight is 449 g/mol. The fraction of sp³-hybridized carbons (Fsp3) is 0.269. The summed E-state index contributed by atoms with van der Waals surface area (Å²) < 4.78 is 1.97. The van der Waals surface area contributed by atoms with E-state index in [9.17, 15) is 0 Å². The predicted octanol–water partition coefficient (Wildman–Crippen LogP) is 4.64. The molecule has 168 valence electrons. The van der Waals surface area contributed by atoms with Crippen molar-refractivity contribution in [3.8, 4) is 11.3 Å². The molecule has 3 heterocycles. The van der Waals surface area contributed by atoms with Crippen molar-refractivity contribution in [1.29, 1.82) is 0 Å². The highest BCUT2D eigenvalue weighted by Gasteiger charge is 2.32. The van der Waals surface area contributed by atoms with Crippen LogP contribution in [0.2, 0.25) is 0 Å². The van der Waals surface area contributed by atoms with Crippen LogP contribution in [0.3, 0.4) is 0 Å². The number of rotatable bonds is 6. The van der Waals surface area contributed by atoms with Crippen molar-refractivity contribution in [2.45, 2.75) is 44.2 Å². The SMILES string of the molecule is c1cc(NC(c2cnc3ccccc3c2)c2nnnn2C2CC2)cc(-c2n[nH]c3c2CCC3)c1. The molecule has 8 nitrogen and oxygen atoms in total. The molecular formula is C26H24N8. The van der Waals surface area contributed by atoms with Gasteiger partial charge in [-0.25, -0.2) is 4.68 Å². The quantitative estimate of drug-likeness (QED) is 0.393. The number of anilines is 1. The zero-order chi connectivity index (χ0) is 22.5. The van der Waals surface area contributed by atoms with E-state index in [4.69, 9.17) is 4.98 Å². The molecule has 3 aromatic heterocycles. The zero-order valence-corrected chi connectivity index (χ0v) is 18.6. The largest absolute Gasteiger partial charge is 0.371 e. The van der Waals surface area contributed by atoms with Crippen LogP contribution in [0.1, 0.15) is 54.0 Å². The van der Waals surface area contributed by atoms with Gasteiger partial charge in [0.05, 0.1) is 17.3 Å². The molecule has 1 fully saturated rings. The summed E-state index contributed by atoms with van der Waals surface area (Å²) in [5, 5.41) is 25.4. The lowest BCUT2D eigenvalue weighted by Crippen LogP contribution is -2.18. The van der Waals surface area contributed by atoms with Gasteiger partial charge >= 0.3 is 0 Å². The van der Waals surface area contributed by atoms with Crippen LogP contribution in [0.25, 0.3) is 22.2 Å². The number of tetrazole rings is 1. The van der Waals surface area contributed by atoms with Crippen LogP contribution >= 0.6 is 0 Å². The Morgan fingerprint density at radius 1 is 1.03 bits per heavy atom. The second-order valence-electron chi connectivity index (χ2n) is 9.22. The van der Waals surface area contributed by atoms with Gasteiger partial charge < -0.3 is 5.32 Å². The van der Waals surface area contributed by atoms with Crippen molar-refractivity contribution in [1.82, 2.24) is 35.4 Å². The average Bonchev–Trinajstić information content (AvgIpc) is 3.25. The molecule has 2 aromatic carbocycles. The Hall–Kier alpha value is -4.07. The van der Waals surface area contributed by atoms with Gasteiger partial charge in [0.1, 0.15) is 6.04 Å². The Balaban J connectivity index is 1.30. The van der Waals surface area contributed by atoms with Crippen LogP contribution in [0.5, 0.6) is 0 Å². The number of aryl methyl sites for hydroxylation is 1. The molecule has 0 bridgehead atoms. The van der Waals surface area contributed by atoms with E-state index in [1.165, 1.54) is 17.7 Å². The van der Waals surface area contributed by atoms with Crippen molar-refractivity contribution in [2.24, 2.45) is 0 Å². The number of para-hydroxylation sites is 1. The molecule has 0 radical (unpaired) electrons. The molecule has 34 heavy (non-hydrogen) atoms. The molecule has 0 spiro atoms. The smallest absolute Gasteiger partial charge is 0.178 e. The minimum atomic E-state index is -0.229. The molecular weight excluding hydrogens is 424 g/mol. The first-order valence-electron chi connectivity index (χ1n) is 11.9. The predicted molar refractivity (Wildman–Crippen MR) is 129 cm³/mol. The number of pyridine rings is 1. The maximum atomic E-state index is 4.71. The zero-order valence-electron chi connectivity index (χ0n) is 18.6. The Kier molecular flexibility index (Phi) is 4.43. The first-order chi connectivity index (χ1) is 16.8. The molecule has 7 rings (SSSR count). The van der Waals surface area contributed by atoms with Crippen LogP contribution in [0.15, 0.2) is 60.8 Å². The number of nitrogens with zero attached hydrogens (tertiary/aromatic N) is 6. The summed E-state index contributed by atoms with van der Waals surface area (Å²) in [5.74, 6) is 0.811. The van der Waals surface area contributed by atoms with Crippen molar-refractivity contribution in [3.63, 3.8) is 0 Å². The minimum Gasteiger partial charge on any atom is -0.371 e. The number of fused-ring (bicyclic) bond motifs is 2. The number of benzene rings is 2. The molecule has 0 amide bonds. The van der Waals surface area contributed by atoms with Gasteiger partial charge in [-0.2, -0.15) is 5.10 Å². The van der Waals surface area contributed by atoms with E-state index in [0.717, 1.165) is 64.9 Å². The standard InChI is InChI=1S/C26H24N8/c1-2-9-22-16(5-1)13-18(15-27-22)25(26-31-32-33-34(26)20-11-12-20)28-19-7-3-6-17(14-19)24-21-8-4-10-23(21)29-30-24/h1-3,5-7,9,13-15,20,25,28H,4,8,10-12H2,(H,29,30). The maximum Gasteiger partial charge on any atom is 0.178 e. The summed E-state index contributed by atoms with van der Waals surface area (Å²) in [6.07, 6.45) is 7.51. The maximum absolute atomic E-state index is 4.71. The Morgan fingerprint density at radius 3 is 2.91 bits per heavy atom. The van der Waals surface area contributed by atoms with E-state index < -0.39 is 0 Å². The fourth-order valence-corrected chi connectivity index (χ4v) is 4.99. The Bertz CT molecular complexity index is 1500. The lowest BCUT2D eigenvalue weighted by Gasteiger charge is -2.20. The second-order valence-corrected chi connectivity index (χ2v) is 9.22. The van der Waals surface area contributed by atoms with Gasteiger partial charge in [0, 0.05) is 39.7 Å². The van der Waals surface area contributed by atoms with Crippen LogP contribution in [-0.4, -0.2) is 35.4 Å². The van der Waals surface area contributed by atoms with E-state index in [1.54, 1.807) is 0 Å². The van der Waals surface area contributed by atoms with Crippen LogP contribution in [-0.2, 0) is 12.8 Å². The molecule has 0 aliphatic heterocycles. The number of hydrogen-bond acceptors (Lipinski definition) is 6. The molecule has 1 saturated carbocycles. The lowest BCUT2D eigenvalue weighted by atomic mass is 10.0. The molecule has 2 aliphatic rings. The third-order valence-corrected chi connectivity index (χ3v) is 6.87. The van der Waals surface area contributed by atoms with Gasteiger partial charge in [-0.1, -0.05) is 30.3 Å². The summed E-state index contributed by atoms with van der Waals surface area (Å²) in [6, 6.07) is 18.9. The number of aromatic nitrogens is 7. The fourth-order valence-electron chi connectivity index (χ4n) is 4.99. The molecule has 2 aliphatic carbocycles. The van der Waals surface area contributed by atoms with E-state index in [1.807, 2.05) is 29.1 Å². The number of hydrogen-bond donors (Lipinski definition) is 2. The Labute approximate surface area is 196 Å². The third kappa shape index (κ3) is 3.34. The Morgan fingerprint density at radius 2 is 1.97 bits per heavy atom. The summed E-state index contributed by atoms with van der Waals surface area (Å²) in [6.45, 7) is 0. The van der Waals surface area contributed by atoms with Crippen molar-refractivity contribution in [3.05, 3.63) is 83.4 Å². The molecule has 8 heteroatoms. The highest BCUT2D eigenvalue weighted by atomic mass is 15.6. The normalized spacial score (nSPS) is 16.0. The van der Waals surface area contributed by atoms with E-state index in [0.29, 0.717) is 6.04 Å². The number of H-pyrrole nitrogens is 1. The summed E-state index contributed by atoms with van der Waals surface area (Å²) in [4.78, 5) is 4.71. The first-order valence-corrected chi connectivity index (χ1v) is 11.9. The van der Waals surface area contributed by atoms with Crippen molar-refractivity contribution < 1.29 is 0 Å². The van der Waals surface area contributed by atoms with Gasteiger partial charge in [-0.15, -0.1) is 5.10 Å². The second kappa shape index (κ2) is 7.76. The molecule has 2 N–H and O–H groups in total. The molecule has 5 aromatic rings. The van der Waals surface area contributed by atoms with E-state index >= 15 is 0 Å². The first kappa shape index (κ1) is 19.4. The summed E-state index contributed by atoms with van der Waals surface area (Å²) in [7, 11) is 0. The third-order valence-electron chi connectivity index (χ3n) is 6.87. The number of aromatic amines is 1. The minimum absolute atomic E-state index is 0.229. The summed E-state index contributed by atoms with van der Waals surface area (Å²) in [5.41, 5.74) is 7.80. The van der Waals surface area contributed by atoms with Gasteiger partial charge in [0.25, 0.3) is 0 Å². The highest BCUT2D eigenvalue weighted by Crippen LogP contribution is 2.38. The van der Waals surface area contributed by atoms with Gasteiger partial charge in [-0.05, 0) is 66.8 Å². The monoisotopic (exact) mass is 448 g/mol. The van der Waals surface area contributed by atoms with Crippen LogP contribution in [0.4, 0.5) is 5.69 Å². The molecule has 1 unspecified atom stereocenters. The van der Waals surface area contributed by atoms with Gasteiger partial charge in [0.2, 0.25) is 0 Å². The summed E-state index contributed by atoms with van der Waals surface area (Å²) >= 11 is 0. The van der Waals surface area contributed by atoms with Crippen molar-refractivity contribution in [2.75, 3.05) is 5.32 Å². The van der Waals surface area contributed by atoms with E-state index in [-0.39, 0.29) is 6.04 Å². The van der Waals surface area contributed by atoms with Gasteiger partial charge in [0.15, 0.2) is 5.82 Å². The molecule has 1 atom stereocenters. The number of nitrogens with one attached hydrogen (secondary N) is 2. The lowest BCUT2D eigenvalue weighted by molar-refractivity contribution is 0.573. The van der Waals surface area contributed by atoms with Crippen LogP contribution < -0.4 is 5.32 Å². The van der Waals surface area contributed by atoms with Gasteiger partial charge in [-0.3, -0.25) is 10.1 Å². The van der Waals surface area contributed by atoms with Crippen LogP contribution in [0, 0.1) is 0 Å². The van der Waals surface area contributed by atoms with Crippen molar-refractivity contribution >= 4 is 16.6 Å². The topological polar surface area (TPSA) is 97.2 Å². The highest BCUT2D eigenvalue weighted by molar-refractivity contribution is 5.79.